The third-order valence-corrected chi connectivity index (χ3v) is 8.98. The maximum Gasteiger partial charge on any atom is 0.416 e. The van der Waals surface area contributed by atoms with Gasteiger partial charge in [0.15, 0.2) is 11.1 Å². The van der Waals surface area contributed by atoms with Crippen LogP contribution in [0, 0.1) is 17.1 Å². The second-order valence-corrected chi connectivity index (χ2v) is 12.5. The minimum Gasteiger partial charge on any atom is -0.376 e. The number of alkyl halides is 5. The Morgan fingerprint density at radius 3 is 2.31 bits per heavy atom. The zero-order valence-electron chi connectivity index (χ0n) is 25.4. The molecule has 3 aromatic rings. The highest BCUT2D eigenvalue weighted by molar-refractivity contribution is 6.10. The quantitative estimate of drug-likeness (QED) is 0.285. The molecule has 4 amide bonds. The molecule has 3 aliphatic rings. The van der Waals surface area contributed by atoms with Crippen LogP contribution in [-0.4, -0.2) is 69.1 Å². The Kier molecular flexibility index (Phi) is 7.54. The molecule has 1 atom stereocenters. The van der Waals surface area contributed by atoms with E-state index in [1.165, 1.54) is 18.3 Å². The van der Waals surface area contributed by atoms with Gasteiger partial charge in [0.25, 0.3) is 11.8 Å². The van der Waals surface area contributed by atoms with Crippen molar-refractivity contribution in [1.82, 2.24) is 25.1 Å². The number of nitrogens with zero attached hydrogens (tertiary/aromatic N) is 5. The van der Waals surface area contributed by atoms with Crippen LogP contribution >= 0.6 is 0 Å². The molecule has 2 fully saturated rings. The van der Waals surface area contributed by atoms with Crippen molar-refractivity contribution in [2.75, 3.05) is 19.8 Å². The molecule has 6 rings (SSSR count). The highest BCUT2D eigenvalue weighted by Crippen LogP contribution is 2.53. The Bertz CT molecular complexity index is 1850. The number of urea groups is 1. The maximum absolute atomic E-state index is 15.6. The Labute approximate surface area is 269 Å². The fourth-order valence-corrected chi connectivity index (χ4v) is 6.11. The summed E-state index contributed by atoms with van der Waals surface area (Å²) in [6.45, 7) is -0.519. The third-order valence-electron chi connectivity index (χ3n) is 8.98. The smallest absolute Gasteiger partial charge is 0.376 e. The van der Waals surface area contributed by atoms with Gasteiger partial charge in [0, 0.05) is 17.3 Å². The van der Waals surface area contributed by atoms with E-state index in [0.717, 1.165) is 24.4 Å². The van der Waals surface area contributed by atoms with Gasteiger partial charge in [-0.3, -0.25) is 24.5 Å². The summed E-state index contributed by atoms with van der Waals surface area (Å²) in [5.41, 5.74) is -5.71. The molecular formula is C32H26F6N6O4. The molecule has 0 bridgehead atoms. The molecule has 250 valence electrons. The lowest BCUT2D eigenvalue weighted by Crippen LogP contribution is -2.72. The summed E-state index contributed by atoms with van der Waals surface area (Å²) in [6, 6.07) is 9.95. The van der Waals surface area contributed by atoms with Crippen molar-refractivity contribution in [3.8, 4) is 17.2 Å². The van der Waals surface area contributed by atoms with Crippen molar-refractivity contribution >= 4 is 17.8 Å². The van der Waals surface area contributed by atoms with Crippen molar-refractivity contribution in [3.05, 3.63) is 83.2 Å². The van der Waals surface area contributed by atoms with Crippen LogP contribution < -0.4 is 5.32 Å². The first kappa shape index (κ1) is 32.9. The van der Waals surface area contributed by atoms with Gasteiger partial charge < -0.3 is 15.0 Å². The van der Waals surface area contributed by atoms with Crippen molar-refractivity contribution in [1.29, 1.82) is 5.26 Å². The zero-order chi connectivity index (χ0) is 34.9. The second-order valence-electron chi connectivity index (χ2n) is 12.5. The Balaban J connectivity index is 1.30. The summed E-state index contributed by atoms with van der Waals surface area (Å²) in [6.07, 6.45) is -4.03. The van der Waals surface area contributed by atoms with Gasteiger partial charge in [0.2, 0.25) is 5.91 Å². The number of nitrogens with one attached hydrogen (secondary N) is 1. The van der Waals surface area contributed by atoms with Gasteiger partial charge in [-0.05, 0) is 49.2 Å². The number of carbonyl (C=O) groups excluding carboxylic acids is 3. The molecule has 0 radical (unpaired) electrons. The maximum atomic E-state index is 15.6. The van der Waals surface area contributed by atoms with Crippen molar-refractivity contribution in [3.63, 3.8) is 0 Å². The molecular weight excluding hydrogens is 646 g/mol. The summed E-state index contributed by atoms with van der Waals surface area (Å²) in [4.78, 5) is 49.2. The van der Waals surface area contributed by atoms with Gasteiger partial charge in [-0.25, -0.2) is 18.0 Å². The fourth-order valence-electron chi connectivity index (χ4n) is 6.11. The lowest BCUT2D eigenvalue weighted by molar-refractivity contribution is -0.302. The van der Waals surface area contributed by atoms with E-state index in [1.54, 1.807) is 26.0 Å². The van der Waals surface area contributed by atoms with E-state index < -0.39 is 90.5 Å². The van der Waals surface area contributed by atoms with Gasteiger partial charge in [0.1, 0.15) is 12.4 Å². The number of rotatable bonds is 7. The van der Waals surface area contributed by atoms with Crippen LogP contribution in [0.2, 0.25) is 0 Å². The van der Waals surface area contributed by atoms with Crippen LogP contribution in [0.15, 0.2) is 54.9 Å². The molecule has 1 aromatic carbocycles. The molecule has 1 aliphatic carbocycles. The third kappa shape index (κ3) is 5.13. The summed E-state index contributed by atoms with van der Waals surface area (Å²) in [5, 5.41) is 11.6. The van der Waals surface area contributed by atoms with E-state index in [2.05, 4.69) is 21.4 Å². The van der Waals surface area contributed by atoms with E-state index in [9.17, 15) is 37.2 Å². The van der Waals surface area contributed by atoms with Gasteiger partial charge in [0.05, 0.1) is 55.2 Å². The largest absolute Gasteiger partial charge is 0.416 e. The molecule has 48 heavy (non-hydrogen) atoms. The Hall–Kier alpha value is -5.04. The Morgan fingerprint density at radius 1 is 1.04 bits per heavy atom. The highest BCUT2D eigenvalue weighted by Gasteiger charge is 2.67. The minimum absolute atomic E-state index is 0.118. The number of aromatic nitrogens is 2. The van der Waals surface area contributed by atoms with E-state index in [4.69, 9.17) is 4.74 Å². The lowest BCUT2D eigenvalue weighted by atomic mass is 9.89. The average Bonchev–Trinajstić information content (AvgIpc) is 3.38. The summed E-state index contributed by atoms with van der Waals surface area (Å²) in [7, 11) is 0. The predicted molar refractivity (Wildman–Crippen MR) is 153 cm³/mol. The van der Waals surface area contributed by atoms with Crippen LogP contribution in [0.5, 0.6) is 0 Å². The van der Waals surface area contributed by atoms with Crippen LogP contribution in [0.3, 0.4) is 0 Å². The molecule has 0 saturated carbocycles. The highest BCUT2D eigenvalue weighted by atomic mass is 19.4. The molecule has 10 nitrogen and oxygen atoms in total. The van der Waals surface area contributed by atoms with Crippen LogP contribution in [-0.2, 0) is 37.7 Å². The molecule has 0 unspecified atom stereocenters. The SMILES string of the molecule is CC(C)(C#N)c1ccc(-c2ccc3c(c2)C(F)(F)C[C@]32NC(=O)N(CC(=O)N(Cc3ccc(F)cn3)C3(C(F)(F)F)COC3)C2=O)cn1. The monoisotopic (exact) mass is 672 g/mol. The van der Waals surface area contributed by atoms with Crippen LogP contribution in [0.4, 0.5) is 31.1 Å². The molecule has 16 heteroatoms. The standard InChI is InChI=1S/C32H26F6N6O4/c1-28(2,15-39)24-8-4-19(10-41-24)18-3-7-22-23(9-18)31(34,35)14-30(22)26(46)43(27(47)42-30)13-25(45)44(12-21-6-5-20(33)11-40-21)29(16-48-17-29)32(36,37)38/h3-11H,12-14,16-17H2,1-2H3,(H,42,47)/t30-/m0/s1. The number of carbonyl (C=O) groups is 3. The lowest BCUT2D eigenvalue weighted by Gasteiger charge is -2.50. The number of halogens is 6. The fraction of sp³-hybridized carbons (Fsp3) is 0.375. The first-order valence-electron chi connectivity index (χ1n) is 14.5. The number of hydrogen-bond acceptors (Lipinski definition) is 7. The molecule has 2 aliphatic heterocycles. The first-order valence-corrected chi connectivity index (χ1v) is 14.5. The van der Waals surface area contributed by atoms with E-state index in [0.29, 0.717) is 26.6 Å². The molecule has 2 saturated heterocycles. The van der Waals surface area contributed by atoms with Gasteiger partial charge >= 0.3 is 12.2 Å². The summed E-state index contributed by atoms with van der Waals surface area (Å²) >= 11 is 0. The number of pyridine rings is 2. The topological polar surface area (TPSA) is 129 Å². The Morgan fingerprint density at radius 2 is 1.75 bits per heavy atom. The molecule has 2 aromatic heterocycles. The van der Waals surface area contributed by atoms with E-state index >= 15 is 8.78 Å². The number of hydrogen-bond donors (Lipinski definition) is 1. The summed E-state index contributed by atoms with van der Waals surface area (Å²) < 4.78 is 92.4. The van der Waals surface area contributed by atoms with Gasteiger partial charge in [-0.2, -0.15) is 18.4 Å². The van der Waals surface area contributed by atoms with Crippen molar-refractivity contribution in [2.45, 2.75) is 55.4 Å². The molecule has 1 N–H and O–H groups in total. The molecule has 4 heterocycles. The van der Waals surface area contributed by atoms with Gasteiger partial charge in [-0.1, -0.05) is 18.2 Å². The zero-order valence-corrected chi connectivity index (χ0v) is 25.4. The normalized spacial score (nSPS) is 21.0. The second kappa shape index (κ2) is 11.0. The van der Waals surface area contributed by atoms with E-state index in [1.807, 2.05) is 0 Å². The first-order chi connectivity index (χ1) is 22.4. The number of ether oxygens (including phenoxy) is 1. The number of benzene rings is 1. The van der Waals surface area contributed by atoms with E-state index in [-0.39, 0.29) is 11.3 Å². The van der Waals surface area contributed by atoms with Crippen LogP contribution in [0.25, 0.3) is 11.1 Å². The van der Waals surface area contributed by atoms with Gasteiger partial charge in [-0.15, -0.1) is 0 Å². The minimum atomic E-state index is -5.01. The molecule has 1 spiro atoms. The predicted octanol–water partition coefficient (Wildman–Crippen LogP) is 4.69. The number of nitriles is 1. The number of fused-ring (bicyclic) bond motifs is 2. The number of imide groups is 1. The van der Waals surface area contributed by atoms with Crippen LogP contribution in [0.1, 0.15) is 42.8 Å². The van der Waals surface area contributed by atoms with Crippen molar-refractivity contribution < 1.29 is 45.5 Å². The van der Waals surface area contributed by atoms with Crippen molar-refractivity contribution in [2.24, 2.45) is 0 Å². The number of amides is 4. The average molecular weight is 673 g/mol. The summed E-state index contributed by atoms with van der Waals surface area (Å²) in [5.74, 6) is -6.97.